The molecule has 0 aliphatic carbocycles. The lowest BCUT2D eigenvalue weighted by Crippen LogP contribution is -2.49. The standard InChI is InChI=1S/C21H32ClN3O3.C2HF3O2/c1-21(2,3)17(8-10-26)20(28)25-9-4-5-18(25)19(27)24-13-15-11-16(22)7-6-14(15)12-23;3-2(4,5)1(6)7/h6-7,11,17-18,26H,4-5,8-10,12-13,23H2,1-3H3,(H,24,27);(H,6,7)/t17-,18-;/m0./s1. The lowest BCUT2D eigenvalue weighted by atomic mass is 9.78. The van der Waals surface area contributed by atoms with E-state index in [1.165, 1.54) is 0 Å². The van der Waals surface area contributed by atoms with Crippen molar-refractivity contribution in [3.8, 4) is 0 Å². The molecule has 0 radical (unpaired) electrons. The largest absolute Gasteiger partial charge is 0.490 e. The van der Waals surface area contributed by atoms with Crippen LogP contribution in [0.5, 0.6) is 0 Å². The molecule has 8 nitrogen and oxygen atoms in total. The molecule has 198 valence electrons. The fraction of sp³-hybridized carbons (Fsp3) is 0.609. The Balaban J connectivity index is 0.000000762. The Morgan fingerprint density at radius 2 is 1.83 bits per heavy atom. The molecule has 1 fully saturated rings. The van der Waals surface area contributed by atoms with Crippen molar-refractivity contribution in [2.45, 2.75) is 65.3 Å². The molecule has 1 heterocycles. The highest BCUT2D eigenvalue weighted by Crippen LogP contribution is 2.32. The summed E-state index contributed by atoms with van der Waals surface area (Å²) >= 11 is 6.06. The third kappa shape index (κ3) is 9.30. The van der Waals surface area contributed by atoms with E-state index in [9.17, 15) is 27.9 Å². The number of aliphatic hydroxyl groups is 1. The topological polar surface area (TPSA) is 133 Å². The van der Waals surface area contributed by atoms with Crippen LogP contribution in [0.2, 0.25) is 5.02 Å². The molecular weight excluding hydrogens is 491 g/mol. The molecular formula is C23H33ClF3N3O5. The number of hydrogen-bond donors (Lipinski definition) is 4. The van der Waals surface area contributed by atoms with E-state index in [2.05, 4.69) is 5.32 Å². The van der Waals surface area contributed by atoms with Crippen LogP contribution in [0.4, 0.5) is 13.2 Å². The molecule has 0 aromatic heterocycles. The predicted octanol–water partition coefficient (Wildman–Crippen LogP) is 3.08. The summed E-state index contributed by atoms with van der Waals surface area (Å²) in [5, 5.41) is 20.0. The molecule has 0 saturated carbocycles. The third-order valence-corrected chi connectivity index (χ3v) is 5.92. The molecule has 5 N–H and O–H groups in total. The second-order valence-corrected chi connectivity index (χ2v) is 9.69. The highest BCUT2D eigenvalue weighted by atomic mass is 35.5. The zero-order valence-electron chi connectivity index (χ0n) is 20.0. The van der Waals surface area contributed by atoms with Gasteiger partial charge in [0.25, 0.3) is 0 Å². The predicted molar refractivity (Wildman–Crippen MR) is 124 cm³/mol. The Morgan fingerprint density at radius 3 is 2.31 bits per heavy atom. The molecule has 0 bridgehead atoms. The number of nitrogens with one attached hydrogen (secondary N) is 1. The summed E-state index contributed by atoms with van der Waals surface area (Å²) in [5.74, 6) is -3.29. The van der Waals surface area contributed by atoms with Crippen molar-refractivity contribution in [3.05, 3.63) is 34.3 Å². The van der Waals surface area contributed by atoms with Crippen LogP contribution < -0.4 is 11.1 Å². The molecule has 1 aromatic carbocycles. The zero-order valence-corrected chi connectivity index (χ0v) is 20.7. The molecule has 1 aliphatic rings. The second kappa shape index (κ2) is 13.1. The summed E-state index contributed by atoms with van der Waals surface area (Å²) in [6.07, 6.45) is -3.24. The minimum atomic E-state index is -5.08. The lowest BCUT2D eigenvalue weighted by Gasteiger charge is -2.34. The van der Waals surface area contributed by atoms with Gasteiger partial charge in [0.15, 0.2) is 0 Å². The first kappa shape index (κ1) is 30.7. The highest BCUT2D eigenvalue weighted by Gasteiger charge is 2.40. The Kier molecular flexibility index (Phi) is 11.5. The summed E-state index contributed by atoms with van der Waals surface area (Å²) < 4.78 is 31.7. The molecule has 1 saturated heterocycles. The Hall–Kier alpha value is -2.37. The van der Waals surface area contributed by atoms with Gasteiger partial charge in [-0.15, -0.1) is 0 Å². The quantitative estimate of drug-likeness (QED) is 0.434. The van der Waals surface area contributed by atoms with Crippen LogP contribution in [0.25, 0.3) is 0 Å². The number of benzene rings is 1. The van der Waals surface area contributed by atoms with Gasteiger partial charge in [0.05, 0.1) is 0 Å². The number of carbonyl (C=O) groups excluding carboxylic acids is 2. The van der Waals surface area contributed by atoms with Crippen molar-refractivity contribution in [1.82, 2.24) is 10.2 Å². The maximum absolute atomic E-state index is 13.1. The number of carboxylic acids is 1. The van der Waals surface area contributed by atoms with Gasteiger partial charge in [-0.3, -0.25) is 9.59 Å². The maximum Gasteiger partial charge on any atom is 0.490 e. The van der Waals surface area contributed by atoms with Crippen molar-refractivity contribution in [3.63, 3.8) is 0 Å². The molecule has 2 amide bonds. The van der Waals surface area contributed by atoms with Crippen LogP contribution >= 0.6 is 11.6 Å². The van der Waals surface area contributed by atoms with Crippen LogP contribution in [0.15, 0.2) is 18.2 Å². The fourth-order valence-electron chi connectivity index (χ4n) is 3.82. The first-order valence-electron chi connectivity index (χ1n) is 11.1. The number of alkyl halides is 3. The highest BCUT2D eigenvalue weighted by molar-refractivity contribution is 6.30. The van der Waals surface area contributed by atoms with Crippen molar-refractivity contribution >= 4 is 29.4 Å². The van der Waals surface area contributed by atoms with Gasteiger partial charge in [-0.25, -0.2) is 4.79 Å². The van der Waals surface area contributed by atoms with Crippen molar-refractivity contribution < 1.29 is 37.8 Å². The molecule has 0 unspecified atom stereocenters. The fourth-order valence-corrected chi connectivity index (χ4v) is 4.01. The normalized spacial score (nSPS) is 16.8. The first-order chi connectivity index (χ1) is 16.1. The number of aliphatic hydroxyl groups excluding tert-OH is 1. The van der Waals surface area contributed by atoms with Crippen LogP contribution in [0, 0.1) is 11.3 Å². The zero-order chi connectivity index (χ0) is 27.0. The first-order valence-corrected chi connectivity index (χ1v) is 11.5. The molecule has 2 atom stereocenters. The number of nitrogens with two attached hydrogens (primary N) is 1. The van der Waals surface area contributed by atoms with Gasteiger partial charge in [0, 0.05) is 37.2 Å². The van der Waals surface area contributed by atoms with E-state index in [-0.39, 0.29) is 29.8 Å². The smallest absolute Gasteiger partial charge is 0.475 e. The van der Waals surface area contributed by atoms with Crippen LogP contribution in [0.3, 0.4) is 0 Å². The Labute approximate surface area is 207 Å². The van der Waals surface area contributed by atoms with E-state index in [4.69, 9.17) is 27.2 Å². The number of carboxylic acid groups (broad SMARTS) is 1. The average molecular weight is 524 g/mol. The van der Waals surface area contributed by atoms with Gasteiger partial charge in [-0.2, -0.15) is 13.2 Å². The Morgan fingerprint density at radius 1 is 1.23 bits per heavy atom. The van der Waals surface area contributed by atoms with E-state index in [0.717, 1.165) is 17.5 Å². The number of nitrogens with zero attached hydrogens (tertiary/aromatic N) is 1. The van der Waals surface area contributed by atoms with E-state index in [0.29, 0.717) is 37.5 Å². The summed E-state index contributed by atoms with van der Waals surface area (Å²) in [5.41, 5.74) is 7.30. The van der Waals surface area contributed by atoms with E-state index in [1.54, 1.807) is 17.0 Å². The van der Waals surface area contributed by atoms with Gasteiger partial charge in [0.1, 0.15) is 6.04 Å². The monoisotopic (exact) mass is 523 g/mol. The van der Waals surface area contributed by atoms with E-state index in [1.807, 2.05) is 26.8 Å². The van der Waals surface area contributed by atoms with Gasteiger partial charge >= 0.3 is 12.1 Å². The molecule has 1 aromatic rings. The summed E-state index contributed by atoms with van der Waals surface area (Å²) in [7, 11) is 0. The number of hydrogen-bond acceptors (Lipinski definition) is 5. The lowest BCUT2D eigenvalue weighted by molar-refractivity contribution is -0.192. The average Bonchev–Trinajstić information content (AvgIpc) is 3.24. The second-order valence-electron chi connectivity index (χ2n) is 9.26. The molecule has 12 heteroatoms. The third-order valence-electron chi connectivity index (χ3n) is 5.68. The SMILES string of the molecule is CC(C)(C)[C@@H](CCO)C(=O)N1CCC[C@H]1C(=O)NCc1cc(Cl)ccc1CN.O=C(O)C(F)(F)F. The molecule has 2 rings (SSSR count). The van der Waals surface area contributed by atoms with Crippen LogP contribution in [0.1, 0.15) is 51.2 Å². The number of likely N-dealkylation sites (tertiary alicyclic amines) is 1. The summed E-state index contributed by atoms with van der Waals surface area (Å²) in [4.78, 5) is 36.5. The molecule has 1 aliphatic heterocycles. The van der Waals surface area contributed by atoms with Crippen molar-refractivity contribution in [2.24, 2.45) is 17.1 Å². The molecule has 35 heavy (non-hydrogen) atoms. The van der Waals surface area contributed by atoms with Gasteiger partial charge in [0.2, 0.25) is 11.8 Å². The number of rotatable bonds is 7. The number of halogens is 4. The summed E-state index contributed by atoms with van der Waals surface area (Å²) in [6.45, 7) is 7.18. The Bertz CT molecular complexity index is 890. The van der Waals surface area contributed by atoms with Gasteiger partial charge in [-0.05, 0) is 47.9 Å². The van der Waals surface area contributed by atoms with E-state index < -0.39 is 18.2 Å². The number of amides is 2. The van der Waals surface area contributed by atoms with Crippen LogP contribution in [-0.4, -0.2) is 58.3 Å². The maximum atomic E-state index is 13.1. The van der Waals surface area contributed by atoms with E-state index >= 15 is 0 Å². The molecule has 0 spiro atoms. The van der Waals surface area contributed by atoms with Crippen molar-refractivity contribution in [1.29, 1.82) is 0 Å². The number of aliphatic carboxylic acids is 1. The van der Waals surface area contributed by atoms with Crippen LogP contribution in [-0.2, 0) is 27.5 Å². The van der Waals surface area contributed by atoms with Gasteiger partial charge < -0.3 is 26.2 Å². The minimum Gasteiger partial charge on any atom is -0.475 e. The van der Waals surface area contributed by atoms with Crippen molar-refractivity contribution in [2.75, 3.05) is 13.2 Å². The van der Waals surface area contributed by atoms with Gasteiger partial charge in [-0.1, -0.05) is 38.4 Å². The number of carbonyl (C=O) groups is 3. The minimum absolute atomic E-state index is 0.0466. The summed E-state index contributed by atoms with van der Waals surface area (Å²) in [6, 6.07) is 4.97.